The van der Waals surface area contributed by atoms with Crippen LogP contribution in [0, 0.1) is 50.0 Å². The van der Waals surface area contributed by atoms with Gasteiger partial charge in [-0.05, 0) is 24.3 Å². The number of ether oxygens (including phenoxy) is 1. The maximum atomic E-state index is 9.68. The number of aliphatic hydroxyl groups excluding tert-OH is 2. The minimum absolute atomic E-state index is 0. The second-order valence-corrected chi connectivity index (χ2v) is 4.26. The molecule has 0 aromatic rings. The predicted octanol–water partition coefficient (Wildman–Crippen LogP) is 0.463. The number of aliphatic hydroxyl groups is 2. The van der Waals surface area contributed by atoms with Crippen molar-refractivity contribution in [3.63, 3.8) is 0 Å². The van der Waals surface area contributed by atoms with E-state index in [9.17, 15) is 5.11 Å². The monoisotopic (exact) mass is 411 g/mol. The van der Waals surface area contributed by atoms with Crippen LogP contribution >= 0.6 is 0 Å². The summed E-state index contributed by atoms with van der Waals surface area (Å²) in [4.78, 5) is 0. The Hall–Kier alpha value is 1.06. The first-order valence-electron chi connectivity index (χ1n) is 4.76. The summed E-state index contributed by atoms with van der Waals surface area (Å²) in [6.07, 6.45) is 1.06. The van der Waals surface area contributed by atoms with Gasteiger partial charge in [0.2, 0.25) is 0 Å². The topological polar surface area (TPSA) is 53.0 Å². The van der Waals surface area contributed by atoms with E-state index in [0.717, 1.165) is 18.4 Å². The van der Waals surface area contributed by atoms with E-state index < -0.39 is 11.7 Å². The van der Waals surface area contributed by atoms with Crippen molar-refractivity contribution in [1.29, 1.82) is 0 Å². The Kier molecular flexibility index (Phi) is 4.23. The first-order chi connectivity index (χ1) is 6.10. The van der Waals surface area contributed by atoms with E-state index in [-0.39, 0.29) is 56.8 Å². The van der Waals surface area contributed by atoms with Crippen LogP contribution < -0.4 is 0 Å². The van der Waals surface area contributed by atoms with Crippen LogP contribution in [0.5, 0.6) is 0 Å². The minimum Gasteiger partial charge on any atom is -0.394 e. The molecule has 2 fully saturated rings. The molecule has 1 aliphatic heterocycles. The van der Waals surface area contributed by atoms with Gasteiger partial charge < -0.3 is 14.9 Å². The van der Waals surface area contributed by atoms with Crippen molar-refractivity contribution in [2.75, 3.05) is 6.61 Å². The van der Waals surface area contributed by atoms with Gasteiger partial charge in [0.15, 0.2) is 0 Å². The van der Waals surface area contributed by atoms with E-state index >= 15 is 0 Å². The molecule has 0 aromatic heterocycles. The van der Waals surface area contributed by atoms with Crippen molar-refractivity contribution in [3.05, 3.63) is 12.2 Å². The van der Waals surface area contributed by atoms with Crippen molar-refractivity contribution in [2.24, 2.45) is 5.92 Å². The molecule has 2 aliphatic rings. The summed E-state index contributed by atoms with van der Waals surface area (Å²) in [5, 5.41) is 18.6. The molecule has 0 aromatic carbocycles. The van der Waals surface area contributed by atoms with Gasteiger partial charge in [0.25, 0.3) is 0 Å². The molecular formula is C10H16AcO3. The second kappa shape index (κ2) is 4.51. The Labute approximate surface area is 120 Å². The molecule has 2 N–H and O–H groups in total. The molecule has 2 rings (SSSR count). The molecule has 3 nitrogen and oxygen atoms in total. The zero-order valence-corrected chi connectivity index (χ0v) is 13.2. The third-order valence-electron chi connectivity index (χ3n) is 3.20. The van der Waals surface area contributed by atoms with Gasteiger partial charge >= 0.3 is 0 Å². The van der Waals surface area contributed by atoms with E-state index in [1.807, 2.05) is 0 Å². The summed E-state index contributed by atoms with van der Waals surface area (Å²) in [7, 11) is 0. The van der Waals surface area contributed by atoms with Crippen molar-refractivity contribution >= 4 is 0 Å². The molecule has 3 unspecified atom stereocenters. The summed E-state index contributed by atoms with van der Waals surface area (Å²) >= 11 is 0. The Bertz CT molecular complexity index is 244. The standard InChI is InChI=1S/C10H16O3.Ac/c1-6-3-8(12)7(2)10(4-6)9(5-11)13-10;/h6,8-9,11-12H,2-5H2,1H3;/t6-,8?,9?,10?;/m0./s1. The van der Waals surface area contributed by atoms with Gasteiger partial charge in [0, 0.05) is 44.1 Å². The van der Waals surface area contributed by atoms with Gasteiger partial charge in [-0.15, -0.1) is 0 Å². The molecular weight excluding hydrogens is 395 g/mol. The normalized spacial score (nSPS) is 46.2. The molecule has 4 heteroatoms. The summed E-state index contributed by atoms with van der Waals surface area (Å²) < 4.78 is 5.44. The summed E-state index contributed by atoms with van der Waals surface area (Å²) in [6.45, 7) is 5.97. The Morgan fingerprint density at radius 1 is 1.64 bits per heavy atom. The van der Waals surface area contributed by atoms with Crippen molar-refractivity contribution in [1.82, 2.24) is 0 Å². The van der Waals surface area contributed by atoms with Gasteiger partial charge in [-0.2, -0.15) is 0 Å². The van der Waals surface area contributed by atoms with Crippen LogP contribution in [0.3, 0.4) is 0 Å². The van der Waals surface area contributed by atoms with E-state index in [4.69, 9.17) is 9.84 Å². The maximum absolute atomic E-state index is 9.68. The van der Waals surface area contributed by atoms with Crippen LogP contribution in [0.15, 0.2) is 12.2 Å². The fraction of sp³-hybridized carbons (Fsp3) is 0.800. The zero-order chi connectivity index (χ0) is 9.64. The van der Waals surface area contributed by atoms with E-state index in [1.54, 1.807) is 0 Å². The van der Waals surface area contributed by atoms with Gasteiger partial charge in [-0.3, -0.25) is 0 Å². The number of hydrogen-bond donors (Lipinski definition) is 2. The van der Waals surface area contributed by atoms with Crippen LogP contribution in [0.1, 0.15) is 19.8 Å². The van der Waals surface area contributed by atoms with E-state index in [2.05, 4.69) is 13.5 Å². The summed E-state index contributed by atoms with van der Waals surface area (Å²) in [5.41, 5.74) is 0.357. The van der Waals surface area contributed by atoms with Gasteiger partial charge in [-0.1, -0.05) is 13.5 Å². The SMILES string of the molecule is C=C1C(O)C[C@H](C)CC12OC2CO.[Ac]. The molecule has 1 radical (unpaired) electrons. The van der Waals surface area contributed by atoms with Gasteiger partial charge in [-0.25, -0.2) is 0 Å². The molecule has 0 amide bonds. The molecule has 4 atom stereocenters. The summed E-state index contributed by atoms with van der Waals surface area (Å²) in [6, 6.07) is 0. The largest absolute Gasteiger partial charge is 0.394 e. The maximum Gasteiger partial charge on any atom is 0.121 e. The first-order valence-corrected chi connectivity index (χ1v) is 4.76. The van der Waals surface area contributed by atoms with Crippen LogP contribution in [-0.4, -0.2) is 34.6 Å². The van der Waals surface area contributed by atoms with Crippen molar-refractivity contribution in [3.8, 4) is 0 Å². The molecule has 77 valence electrons. The van der Waals surface area contributed by atoms with Crippen LogP contribution in [-0.2, 0) is 4.74 Å². The molecule has 14 heavy (non-hydrogen) atoms. The number of epoxide rings is 1. The van der Waals surface area contributed by atoms with Gasteiger partial charge in [0.05, 0.1) is 12.7 Å². The Morgan fingerprint density at radius 2 is 2.29 bits per heavy atom. The fourth-order valence-electron chi connectivity index (χ4n) is 2.40. The zero-order valence-electron chi connectivity index (χ0n) is 8.44. The molecule has 1 spiro atoms. The fourth-order valence-corrected chi connectivity index (χ4v) is 2.40. The first kappa shape index (κ1) is 13.1. The minimum atomic E-state index is -0.458. The average molecular weight is 411 g/mol. The number of rotatable bonds is 1. The number of hydrogen-bond acceptors (Lipinski definition) is 3. The van der Waals surface area contributed by atoms with Crippen LogP contribution in [0.25, 0.3) is 0 Å². The van der Waals surface area contributed by atoms with Crippen LogP contribution in [0.4, 0.5) is 0 Å². The third kappa shape index (κ3) is 1.97. The van der Waals surface area contributed by atoms with Crippen molar-refractivity contribution < 1.29 is 59.0 Å². The van der Waals surface area contributed by atoms with Crippen molar-refractivity contribution in [2.45, 2.75) is 37.6 Å². The second-order valence-electron chi connectivity index (χ2n) is 4.26. The predicted molar refractivity (Wildman–Crippen MR) is 48.2 cm³/mol. The third-order valence-corrected chi connectivity index (χ3v) is 3.20. The van der Waals surface area contributed by atoms with E-state index in [1.165, 1.54) is 0 Å². The van der Waals surface area contributed by atoms with Crippen LogP contribution in [0.2, 0.25) is 0 Å². The van der Waals surface area contributed by atoms with E-state index in [0.29, 0.717) is 5.92 Å². The summed E-state index contributed by atoms with van der Waals surface area (Å²) in [5.74, 6) is 0.442. The molecule has 0 bridgehead atoms. The molecule has 1 saturated carbocycles. The molecule has 1 saturated heterocycles. The smallest absolute Gasteiger partial charge is 0.121 e. The quantitative estimate of drug-likeness (QED) is 0.487. The average Bonchev–Trinajstić information content (AvgIpc) is 2.75. The van der Waals surface area contributed by atoms with Gasteiger partial charge in [0.1, 0.15) is 11.7 Å². The molecule has 1 aliphatic carbocycles. The molecule has 1 heterocycles. The Morgan fingerprint density at radius 3 is 2.79 bits per heavy atom. The Balaban J connectivity index is 0.000000980.